The van der Waals surface area contributed by atoms with Crippen LogP contribution in [-0.4, -0.2) is 59.4 Å². The number of hydrogen-bond acceptors (Lipinski definition) is 5. The van der Waals surface area contributed by atoms with E-state index in [1.54, 1.807) is 0 Å². The van der Waals surface area contributed by atoms with Gasteiger partial charge in [-0.1, -0.05) is 20.8 Å². The molecule has 0 unspecified atom stereocenters. The van der Waals surface area contributed by atoms with Gasteiger partial charge in [-0.25, -0.2) is 0 Å². The standard InChI is InChI=1S/C13H29NO4/c1-13(2,3)12-18-11-10-17-9-8-16-7-6-15-5-4-14/h4-12,14H2,1-3H3. The number of ether oxygens (including phenoxy) is 4. The first-order valence-corrected chi connectivity index (χ1v) is 6.57. The van der Waals surface area contributed by atoms with Gasteiger partial charge in [0.15, 0.2) is 0 Å². The maximum absolute atomic E-state index is 5.47. The zero-order valence-corrected chi connectivity index (χ0v) is 12.1. The Morgan fingerprint density at radius 2 is 1.06 bits per heavy atom. The van der Waals surface area contributed by atoms with Crippen LogP contribution in [0.2, 0.25) is 0 Å². The third-order valence-corrected chi connectivity index (χ3v) is 1.91. The topological polar surface area (TPSA) is 62.9 Å². The molecule has 18 heavy (non-hydrogen) atoms. The van der Waals surface area contributed by atoms with Crippen LogP contribution in [0.5, 0.6) is 0 Å². The lowest BCUT2D eigenvalue weighted by atomic mass is 9.99. The van der Waals surface area contributed by atoms with E-state index < -0.39 is 0 Å². The molecule has 5 nitrogen and oxygen atoms in total. The third kappa shape index (κ3) is 15.8. The molecule has 0 atom stereocenters. The molecular weight excluding hydrogens is 234 g/mol. The van der Waals surface area contributed by atoms with Crippen molar-refractivity contribution < 1.29 is 18.9 Å². The molecular formula is C13H29NO4. The quantitative estimate of drug-likeness (QED) is 0.533. The summed E-state index contributed by atoms with van der Waals surface area (Å²) in [6.07, 6.45) is 0. The minimum absolute atomic E-state index is 0.215. The highest BCUT2D eigenvalue weighted by molar-refractivity contribution is 4.58. The SMILES string of the molecule is CC(C)(C)COCCOCCOCCOCCN. The zero-order valence-electron chi connectivity index (χ0n) is 12.1. The predicted octanol–water partition coefficient (Wildman–Crippen LogP) is 1.06. The van der Waals surface area contributed by atoms with Crippen LogP contribution in [0.1, 0.15) is 20.8 Å². The van der Waals surface area contributed by atoms with E-state index in [2.05, 4.69) is 20.8 Å². The Hall–Kier alpha value is -0.200. The van der Waals surface area contributed by atoms with Crippen molar-refractivity contribution in [3.8, 4) is 0 Å². The van der Waals surface area contributed by atoms with Crippen LogP contribution in [0.15, 0.2) is 0 Å². The van der Waals surface area contributed by atoms with Crippen LogP contribution in [0.25, 0.3) is 0 Å². The largest absolute Gasteiger partial charge is 0.379 e. The highest BCUT2D eigenvalue weighted by atomic mass is 16.6. The Balaban J connectivity index is 2.99. The molecule has 0 radical (unpaired) electrons. The van der Waals surface area contributed by atoms with Crippen LogP contribution in [0.4, 0.5) is 0 Å². The van der Waals surface area contributed by atoms with Crippen molar-refractivity contribution in [2.75, 3.05) is 59.4 Å². The van der Waals surface area contributed by atoms with E-state index in [-0.39, 0.29) is 5.41 Å². The average molecular weight is 263 g/mol. The minimum atomic E-state index is 0.215. The van der Waals surface area contributed by atoms with Gasteiger partial charge in [0.1, 0.15) is 0 Å². The molecule has 0 aliphatic rings. The van der Waals surface area contributed by atoms with E-state index in [0.29, 0.717) is 52.8 Å². The Kier molecular flexibility index (Phi) is 11.7. The van der Waals surface area contributed by atoms with Crippen molar-refractivity contribution in [1.29, 1.82) is 0 Å². The summed E-state index contributed by atoms with van der Waals surface area (Å²) in [6, 6.07) is 0. The van der Waals surface area contributed by atoms with E-state index in [1.807, 2.05) is 0 Å². The monoisotopic (exact) mass is 263 g/mol. The summed E-state index contributed by atoms with van der Waals surface area (Å²) in [5.41, 5.74) is 5.49. The first kappa shape index (κ1) is 17.8. The van der Waals surface area contributed by atoms with Gasteiger partial charge in [0.05, 0.1) is 52.9 Å². The number of nitrogens with two attached hydrogens (primary N) is 1. The Morgan fingerprint density at radius 1 is 0.667 bits per heavy atom. The van der Waals surface area contributed by atoms with E-state index >= 15 is 0 Å². The van der Waals surface area contributed by atoms with Crippen LogP contribution < -0.4 is 5.73 Å². The van der Waals surface area contributed by atoms with Crippen LogP contribution in [-0.2, 0) is 18.9 Å². The Labute approximate surface area is 111 Å². The van der Waals surface area contributed by atoms with Crippen LogP contribution in [0, 0.1) is 5.41 Å². The fourth-order valence-electron chi connectivity index (χ4n) is 1.12. The van der Waals surface area contributed by atoms with Gasteiger partial charge in [-0.15, -0.1) is 0 Å². The molecule has 5 heteroatoms. The molecule has 0 aromatic carbocycles. The first-order chi connectivity index (χ1) is 8.56. The van der Waals surface area contributed by atoms with Gasteiger partial charge in [0.2, 0.25) is 0 Å². The lowest BCUT2D eigenvalue weighted by molar-refractivity contribution is -0.0103. The van der Waals surface area contributed by atoms with Gasteiger partial charge in [-0.3, -0.25) is 0 Å². The van der Waals surface area contributed by atoms with Gasteiger partial charge < -0.3 is 24.7 Å². The van der Waals surface area contributed by atoms with Gasteiger partial charge in [-0.05, 0) is 5.41 Å². The molecule has 0 heterocycles. The molecule has 0 aliphatic heterocycles. The summed E-state index contributed by atoms with van der Waals surface area (Å²) in [5, 5.41) is 0. The molecule has 0 saturated carbocycles. The predicted molar refractivity (Wildman–Crippen MR) is 71.8 cm³/mol. The lowest BCUT2D eigenvalue weighted by Gasteiger charge is -2.17. The highest BCUT2D eigenvalue weighted by Gasteiger charge is 2.09. The molecule has 110 valence electrons. The minimum Gasteiger partial charge on any atom is -0.379 e. The van der Waals surface area contributed by atoms with Crippen molar-refractivity contribution >= 4 is 0 Å². The fourth-order valence-corrected chi connectivity index (χ4v) is 1.12. The smallest absolute Gasteiger partial charge is 0.0701 e. The number of hydrogen-bond donors (Lipinski definition) is 1. The van der Waals surface area contributed by atoms with Crippen LogP contribution in [0.3, 0.4) is 0 Å². The first-order valence-electron chi connectivity index (χ1n) is 6.57. The second-order valence-electron chi connectivity index (χ2n) is 5.24. The number of rotatable bonds is 12. The second kappa shape index (κ2) is 11.9. The van der Waals surface area contributed by atoms with Gasteiger partial charge in [0, 0.05) is 6.54 Å². The lowest BCUT2D eigenvalue weighted by Crippen LogP contribution is -2.18. The van der Waals surface area contributed by atoms with Crippen molar-refractivity contribution in [2.45, 2.75) is 20.8 Å². The average Bonchev–Trinajstić information content (AvgIpc) is 2.29. The van der Waals surface area contributed by atoms with Crippen molar-refractivity contribution in [2.24, 2.45) is 11.1 Å². The van der Waals surface area contributed by atoms with Crippen molar-refractivity contribution in [1.82, 2.24) is 0 Å². The van der Waals surface area contributed by atoms with Crippen molar-refractivity contribution in [3.05, 3.63) is 0 Å². The zero-order chi connectivity index (χ0) is 13.7. The molecule has 2 N–H and O–H groups in total. The summed E-state index contributed by atoms with van der Waals surface area (Å²) >= 11 is 0. The Morgan fingerprint density at radius 3 is 1.44 bits per heavy atom. The molecule has 0 aromatic rings. The van der Waals surface area contributed by atoms with Gasteiger partial charge in [0.25, 0.3) is 0 Å². The summed E-state index contributed by atoms with van der Waals surface area (Å²) in [5.74, 6) is 0. The molecule has 0 saturated heterocycles. The molecule has 0 aromatic heterocycles. The highest BCUT2D eigenvalue weighted by Crippen LogP contribution is 2.12. The second-order valence-corrected chi connectivity index (χ2v) is 5.24. The summed E-state index contributed by atoms with van der Waals surface area (Å²) in [4.78, 5) is 0. The van der Waals surface area contributed by atoms with Gasteiger partial charge >= 0.3 is 0 Å². The summed E-state index contributed by atoms with van der Waals surface area (Å²) in [6.45, 7) is 11.9. The third-order valence-electron chi connectivity index (χ3n) is 1.91. The molecule has 0 fully saturated rings. The van der Waals surface area contributed by atoms with E-state index in [0.717, 1.165) is 6.61 Å². The Bertz CT molecular complexity index is 171. The maximum Gasteiger partial charge on any atom is 0.0701 e. The van der Waals surface area contributed by atoms with Gasteiger partial charge in [-0.2, -0.15) is 0 Å². The summed E-state index contributed by atoms with van der Waals surface area (Å²) in [7, 11) is 0. The molecule has 0 spiro atoms. The van der Waals surface area contributed by atoms with E-state index in [1.165, 1.54) is 0 Å². The molecule has 0 rings (SSSR count). The molecule has 0 bridgehead atoms. The summed E-state index contributed by atoms with van der Waals surface area (Å²) < 4.78 is 21.3. The molecule has 0 aliphatic carbocycles. The van der Waals surface area contributed by atoms with Crippen molar-refractivity contribution in [3.63, 3.8) is 0 Å². The van der Waals surface area contributed by atoms with E-state index in [4.69, 9.17) is 24.7 Å². The van der Waals surface area contributed by atoms with Crippen LogP contribution >= 0.6 is 0 Å². The normalized spacial score (nSPS) is 12.0. The maximum atomic E-state index is 5.47. The fraction of sp³-hybridized carbons (Fsp3) is 1.00. The van der Waals surface area contributed by atoms with E-state index in [9.17, 15) is 0 Å². The molecule has 0 amide bonds.